The van der Waals surface area contributed by atoms with Crippen LogP contribution >= 0.6 is 23.4 Å². The molecule has 0 amide bonds. The minimum atomic E-state index is -0.588. The van der Waals surface area contributed by atoms with Gasteiger partial charge >= 0.3 is 0 Å². The highest BCUT2D eigenvalue weighted by Crippen LogP contribution is 2.37. The maximum absolute atomic E-state index is 9.15. The van der Waals surface area contributed by atoms with Gasteiger partial charge in [-0.15, -0.1) is 11.8 Å². The van der Waals surface area contributed by atoms with E-state index in [0.29, 0.717) is 5.92 Å². The van der Waals surface area contributed by atoms with Gasteiger partial charge < -0.3 is 5.73 Å². The molecule has 96 valence electrons. The normalized spacial score (nSPS) is 27.1. The molecule has 1 aliphatic carbocycles. The Hall–Kier alpha value is -0.690. The van der Waals surface area contributed by atoms with Gasteiger partial charge in [-0.1, -0.05) is 24.1 Å². The number of nitriles is 1. The molecule has 0 aliphatic heterocycles. The lowest BCUT2D eigenvalue weighted by molar-refractivity contribution is 0.389. The van der Waals surface area contributed by atoms with Crippen LogP contribution in [-0.4, -0.2) is 11.3 Å². The highest BCUT2D eigenvalue weighted by atomic mass is 35.5. The lowest BCUT2D eigenvalue weighted by atomic mass is 9.88. The predicted octanol–water partition coefficient (Wildman–Crippen LogP) is 3.84. The minimum absolute atomic E-state index is 0.342. The van der Waals surface area contributed by atoms with Crippen LogP contribution < -0.4 is 5.73 Å². The lowest BCUT2D eigenvalue weighted by Crippen LogP contribution is -2.41. The zero-order valence-electron chi connectivity index (χ0n) is 10.2. The van der Waals surface area contributed by atoms with Gasteiger partial charge in [0.1, 0.15) is 5.54 Å². The second-order valence-electron chi connectivity index (χ2n) is 4.84. The summed E-state index contributed by atoms with van der Waals surface area (Å²) in [4.78, 5) is 1.18. The Bertz CT molecular complexity index is 457. The first-order valence-electron chi connectivity index (χ1n) is 6.22. The third kappa shape index (κ3) is 3.20. The van der Waals surface area contributed by atoms with E-state index < -0.39 is 5.54 Å². The van der Waals surface area contributed by atoms with Crippen molar-refractivity contribution in [3.8, 4) is 6.07 Å². The molecule has 18 heavy (non-hydrogen) atoms. The van der Waals surface area contributed by atoms with E-state index in [4.69, 9.17) is 22.6 Å². The molecule has 0 aromatic heterocycles. The largest absolute Gasteiger partial charge is 0.313 e. The van der Waals surface area contributed by atoms with Crippen molar-refractivity contribution in [2.24, 2.45) is 11.7 Å². The molecule has 0 spiro atoms. The van der Waals surface area contributed by atoms with Crippen molar-refractivity contribution in [3.63, 3.8) is 0 Å². The highest BCUT2D eigenvalue weighted by Gasteiger charge is 2.39. The standard InChI is InChI=1S/C14H17ClN2S/c15-12-4-1-5-13(9-12)18-8-6-11-3-2-7-14(11,17)10-16/h1,4-5,9,11H,2-3,6-8,17H2. The van der Waals surface area contributed by atoms with Gasteiger partial charge in [-0.2, -0.15) is 5.26 Å². The molecule has 1 saturated carbocycles. The Labute approximate surface area is 118 Å². The zero-order chi connectivity index (χ0) is 13.0. The number of rotatable bonds is 4. The average molecular weight is 281 g/mol. The van der Waals surface area contributed by atoms with Crippen molar-refractivity contribution >= 4 is 23.4 Å². The molecule has 1 aromatic rings. The van der Waals surface area contributed by atoms with Gasteiger partial charge in [0.25, 0.3) is 0 Å². The smallest absolute Gasteiger partial charge is 0.107 e. The topological polar surface area (TPSA) is 49.8 Å². The second kappa shape index (κ2) is 5.97. The number of nitrogens with two attached hydrogens (primary N) is 1. The van der Waals surface area contributed by atoms with E-state index in [9.17, 15) is 0 Å². The zero-order valence-corrected chi connectivity index (χ0v) is 11.8. The van der Waals surface area contributed by atoms with Crippen molar-refractivity contribution in [2.45, 2.75) is 36.1 Å². The molecular formula is C14H17ClN2S. The van der Waals surface area contributed by atoms with Gasteiger partial charge in [-0.3, -0.25) is 0 Å². The first-order chi connectivity index (χ1) is 8.64. The molecule has 0 heterocycles. The quantitative estimate of drug-likeness (QED) is 0.853. The number of thioether (sulfide) groups is 1. The molecule has 2 N–H and O–H groups in total. The number of hydrogen-bond donors (Lipinski definition) is 1. The van der Waals surface area contributed by atoms with E-state index in [0.717, 1.165) is 36.5 Å². The summed E-state index contributed by atoms with van der Waals surface area (Å²) in [5.41, 5.74) is 5.53. The van der Waals surface area contributed by atoms with Crippen LogP contribution in [0.25, 0.3) is 0 Å². The van der Waals surface area contributed by atoms with Gasteiger partial charge in [0.05, 0.1) is 6.07 Å². The molecule has 2 nitrogen and oxygen atoms in total. The van der Waals surface area contributed by atoms with Crippen molar-refractivity contribution < 1.29 is 0 Å². The summed E-state index contributed by atoms with van der Waals surface area (Å²) < 4.78 is 0. The number of halogens is 1. The van der Waals surface area contributed by atoms with Crippen LogP contribution in [0.3, 0.4) is 0 Å². The molecule has 0 saturated heterocycles. The van der Waals surface area contributed by atoms with E-state index in [2.05, 4.69) is 12.1 Å². The summed E-state index contributed by atoms with van der Waals surface area (Å²) >= 11 is 7.73. The number of benzene rings is 1. The van der Waals surface area contributed by atoms with Crippen molar-refractivity contribution in [1.29, 1.82) is 5.26 Å². The first-order valence-corrected chi connectivity index (χ1v) is 7.59. The van der Waals surface area contributed by atoms with E-state index >= 15 is 0 Å². The Morgan fingerprint density at radius 3 is 3.11 bits per heavy atom. The van der Waals surface area contributed by atoms with Crippen LogP contribution in [0.4, 0.5) is 0 Å². The maximum atomic E-state index is 9.15. The van der Waals surface area contributed by atoms with Crippen molar-refractivity contribution in [2.75, 3.05) is 5.75 Å². The number of nitrogens with zero attached hydrogens (tertiary/aromatic N) is 1. The molecule has 1 aromatic carbocycles. The van der Waals surface area contributed by atoms with Gasteiger partial charge in [0.2, 0.25) is 0 Å². The third-order valence-corrected chi connectivity index (χ3v) is 4.87. The van der Waals surface area contributed by atoms with Gasteiger partial charge in [-0.05, 0) is 49.1 Å². The molecule has 0 radical (unpaired) electrons. The number of hydrogen-bond acceptors (Lipinski definition) is 3. The fraction of sp³-hybridized carbons (Fsp3) is 0.500. The summed E-state index contributed by atoms with van der Waals surface area (Å²) in [6, 6.07) is 10.2. The predicted molar refractivity (Wildman–Crippen MR) is 76.7 cm³/mol. The average Bonchev–Trinajstić information content (AvgIpc) is 2.72. The van der Waals surface area contributed by atoms with Crippen LogP contribution in [0.5, 0.6) is 0 Å². The SMILES string of the molecule is N#CC1(N)CCCC1CCSc1cccc(Cl)c1. The first kappa shape index (κ1) is 13.7. The summed E-state index contributed by atoms with van der Waals surface area (Å²) in [6.07, 6.45) is 4.01. The van der Waals surface area contributed by atoms with E-state index in [1.54, 1.807) is 11.8 Å². The summed E-state index contributed by atoms with van der Waals surface area (Å²) in [5.74, 6) is 1.33. The molecule has 2 atom stereocenters. The molecule has 1 fully saturated rings. The minimum Gasteiger partial charge on any atom is -0.313 e. The van der Waals surface area contributed by atoms with Gasteiger partial charge in [-0.25, -0.2) is 0 Å². The molecule has 2 rings (SSSR count). The van der Waals surface area contributed by atoms with Crippen LogP contribution in [0.15, 0.2) is 29.2 Å². The van der Waals surface area contributed by atoms with E-state index in [-0.39, 0.29) is 0 Å². The van der Waals surface area contributed by atoms with Gasteiger partial charge in [0, 0.05) is 9.92 Å². The molecule has 1 aliphatic rings. The van der Waals surface area contributed by atoms with E-state index in [1.807, 2.05) is 18.2 Å². The van der Waals surface area contributed by atoms with Crippen LogP contribution in [0.1, 0.15) is 25.7 Å². The van der Waals surface area contributed by atoms with Crippen molar-refractivity contribution in [1.82, 2.24) is 0 Å². The fourth-order valence-corrected chi connectivity index (χ4v) is 3.81. The lowest BCUT2D eigenvalue weighted by Gasteiger charge is -2.23. The van der Waals surface area contributed by atoms with Crippen LogP contribution in [0.2, 0.25) is 5.02 Å². The Balaban J connectivity index is 1.84. The van der Waals surface area contributed by atoms with Crippen LogP contribution in [0, 0.1) is 17.2 Å². The summed E-state index contributed by atoms with van der Waals surface area (Å²) in [5, 5.41) is 9.92. The second-order valence-corrected chi connectivity index (χ2v) is 6.44. The Morgan fingerprint density at radius 2 is 2.39 bits per heavy atom. The van der Waals surface area contributed by atoms with Crippen molar-refractivity contribution in [3.05, 3.63) is 29.3 Å². The maximum Gasteiger partial charge on any atom is 0.107 e. The molecular weight excluding hydrogens is 264 g/mol. The third-order valence-electron chi connectivity index (χ3n) is 3.61. The Kier molecular flexibility index (Phi) is 4.55. The molecule has 0 bridgehead atoms. The monoisotopic (exact) mass is 280 g/mol. The van der Waals surface area contributed by atoms with E-state index in [1.165, 1.54) is 4.90 Å². The summed E-state index contributed by atoms with van der Waals surface area (Å²) in [6.45, 7) is 0. The fourth-order valence-electron chi connectivity index (χ4n) is 2.53. The highest BCUT2D eigenvalue weighted by molar-refractivity contribution is 7.99. The molecule has 2 unspecified atom stereocenters. The van der Waals surface area contributed by atoms with Crippen LogP contribution in [-0.2, 0) is 0 Å². The summed E-state index contributed by atoms with van der Waals surface area (Å²) in [7, 11) is 0. The Morgan fingerprint density at radius 1 is 1.56 bits per heavy atom. The molecule has 4 heteroatoms. The van der Waals surface area contributed by atoms with Gasteiger partial charge in [0.15, 0.2) is 0 Å².